The summed E-state index contributed by atoms with van der Waals surface area (Å²) in [6, 6.07) is 0. The third-order valence-corrected chi connectivity index (χ3v) is 5.13. The van der Waals surface area contributed by atoms with Gasteiger partial charge >= 0.3 is 5.97 Å². The fourth-order valence-electron chi connectivity index (χ4n) is 2.80. The minimum absolute atomic E-state index is 0.354. The highest BCUT2D eigenvalue weighted by Crippen LogP contribution is 2.41. The Balaban J connectivity index is 2.02. The highest BCUT2D eigenvalue weighted by Gasteiger charge is 2.32. The summed E-state index contributed by atoms with van der Waals surface area (Å²) < 4.78 is 4.73. The molecule has 2 rings (SSSR count). The fourth-order valence-corrected chi connectivity index (χ4v) is 3.60. The van der Waals surface area contributed by atoms with Gasteiger partial charge in [-0.05, 0) is 31.6 Å². The van der Waals surface area contributed by atoms with Crippen LogP contribution in [0.2, 0.25) is 0 Å². The van der Waals surface area contributed by atoms with Crippen LogP contribution in [-0.4, -0.2) is 24.6 Å². The summed E-state index contributed by atoms with van der Waals surface area (Å²) in [6.07, 6.45) is 6.46. The van der Waals surface area contributed by atoms with E-state index < -0.39 is 0 Å². The molecule has 0 radical (unpaired) electrons. The second-order valence-electron chi connectivity index (χ2n) is 5.33. The van der Waals surface area contributed by atoms with Crippen molar-refractivity contribution in [2.24, 2.45) is 5.41 Å². The second-order valence-corrected chi connectivity index (χ2v) is 6.53. The Morgan fingerprint density at radius 2 is 2.16 bits per heavy atom. The number of nitrogens with one attached hydrogen (secondary N) is 1. The molecule has 4 nitrogen and oxygen atoms in total. The molecule has 1 fully saturated rings. The van der Waals surface area contributed by atoms with E-state index in [1.54, 1.807) is 0 Å². The monoisotopic (exact) mass is 282 g/mol. The highest BCUT2D eigenvalue weighted by molar-refractivity contribution is 7.15. The van der Waals surface area contributed by atoms with E-state index in [2.05, 4.69) is 17.2 Å². The molecule has 1 aromatic rings. The van der Waals surface area contributed by atoms with E-state index in [9.17, 15) is 4.79 Å². The van der Waals surface area contributed by atoms with Crippen LogP contribution in [0.25, 0.3) is 0 Å². The van der Waals surface area contributed by atoms with Crippen LogP contribution < -0.4 is 5.32 Å². The van der Waals surface area contributed by atoms with Crippen LogP contribution in [-0.2, 0) is 4.74 Å². The molecular weight excluding hydrogens is 260 g/mol. The van der Waals surface area contributed by atoms with Crippen molar-refractivity contribution in [2.75, 3.05) is 19.0 Å². The Bertz CT molecular complexity index is 450. The van der Waals surface area contributed by atoms with Crippen molar-refractivity contribution in [3.8, 4) is 0 Å². The summed E-state index contributed by atoms with van der Waals surface area (Å²) in [6.45, 7) is 5.12. The van der Waals surface area contributed by atoms with Crippen molar-refractivity contribution in [1.29, 1.82) is 0 Å². The third kappa shape index (κ3) is 3.08. The zero-order chi connectivity index (χ0) is 13.9. The normalized spacial score (nSPS) is 17.4. The van der Waals surface area contributed by atoms with Gasteiger partial charge in [0.2, 0.25) is 0 Å². The van der Waals surface area contributed by atoms with Gasteiger partial charge in [0.25, 0.3) is 0 Å². The van der Waals surface area contributed by atoms with Crippen molar-refractivity contribution in [3.63, 3.8) is 0 Å². The number of hydrogen-bond donors (Lipinski definition) is 1. The maximum absolute atomic E-state index is 11.5. The number of hydrogen-bond acceptors (Lipinski definition) is 5. The Morgan fingerprint density at radius 1 is 1.47 bits per heavy atom. The molecule has 0 atom stereocenters. The van der Waals surface area contributed by atoms with E-state index in [0.717, 1.165) is 16.6 Å². The number of carbonyl (C=O) groups is 1. The average Bonchev–Trinajstić information content (AvgIpc) is 3.03. The molecule has 1 aliphatic rings. The van der Waals surface area contributed by atoms with E-state index in [1.165, 1.54) is 50.6 Å². The van der Waals surface area contributed by atoms with Crippen molar-refractivity contribution < 1.29 is 9.53 Å². The number of ether oxygens (including phenoxy) is 1. The fraction of sp³-hybridized carbons (Fsp3) is 0.714. The van der Waals surface area contributed by atoms with Crippen LogP contribution in [0, 0.1) is 12.3 Å². The van der Waals surface area contributed by atoms with Gasteiger partial charge < -0.3 is 10.1 Å². The van der Waals surface area contributed by atoms with Crippen LogP contribution in [0.15, 0.2) is 0 Å². The average molecular weight is 282 g/mol. The summed E-state index contributed by atoms with van der Waals surface area (Å²) in [5, 5.41) is 4.25. The number of methoxy groups -OCH3 is 1. The molecule has 1 aromatic heterocycles. The van der Waals surface area contributed by atoms with Crippen molar-refractivity contribution in [2.45, 2.75) is 46.0 Å². The highest BCUT2D eigenvalue weighted by atomic mass is 32.1. The van der Waals surface area contributed by atoms with Gasteiger partial charge in [0.15, 0.2) is 10.8 Å². The topological polar surface area (TPSA) is 51.2 Å². The van der Waals surface area contributed by atoms with Gasteiger partial charge in [0.05, 0.1) is 7.11 Å². The van der Waals surface area contributed by atoms with Gasteiger partial charge in [-0.1, -0.05) is 19.8 Å². The Morgan fingerprint density at radius 3 is 2.74 bits per heavy atom. The summed E-state index contributed by atoms with van der Waals surface area (Å²) in [5.41, 5.74) is 0.859. The molecular formula is C14H22N2O2S. The van der Waals surface area contributed by atoms with Crippen LogP contribution >= 0.6 is 11.3 Å². The van der Waals surface area contributed by atoms with Crippen molar-refractivity contribution in [1.82, 2.24) is 4.98 Å². The van der Waals surface area contributed by atoms with E-state index in [4.69, 9.17) is 4.74 Å². The van der Waals surface area contributed by atoms with E-state index >= 15 is 0 Å². The third-order valence-electron chi connectivity index (χ3n) is 4.20. The molecule has 19 heavy (non-hydrogen) atoms. The van der Waals surface area contributed by atoms with Crippen LogP contribution in [0.5, 0.6) is 0 Å². The molecule has 1 aliphatic carbocycles. The van der Waals surface area contributed by atoms with Crippen molar-refractivity contribution >= 4 is 22.4 Å². The second kappa shape index (κ2) is 5.90. The molecule has 106 valence electrons. The minimum Gasteiger partial charge on any atom is -0.464 e. The van der Waals surface area contributed by atoms with E-state index in [0.29, 0.717) is 11.1 Å². The molecule has 0 spiro atoms. The van der Waals surface area contributed by atoms with Gasteiger partial charge in [-0.2, -0.15) is 0 Å². The maximum atomic E-state index is 11.5. The van der Waals surface area contributed by atoms with Crippen molar-refractivity contribution in [3.05, 3.63) is 10.6 Å². The molecule has 0 amide bonds. The SMILES string of the molecule is CCC1(CNc2nc(C(=O)OC)c(C)s2)CCCC1. The number of nitrogens with zero attached hydrogens (tertiary/aromatic N) is 1. The largest absolute Gasteiger partial charge is 0.464 e. The van der Waals surface area contributed by atoms with Crippen LogP contribution in [0.4, 0.5) is 5.13 Å². The number of thiazole rings is 1. The summed E-state index contributed by atoms with van der Waals surface area (Å²) >= 11 is 1.53. The molecule has 0 bridgehead atoms. The Labute approximate surface area is 118 Å². The molecule has 1 N–H and O–H groups in total. The molecule has 0 aliphatic heterocycles. The minimum atomic E-state index is -0.354. The van der Waals surface area contributed by atoms with Gasteiger partial charge in [-0.25, -0.2) is 9.78 Å². The summed E-state index contributed by atoms with van der Waals surface area (Å²) in [4.78, 5) is 16.8. The zero-order valence-electron chi connectivity index (χ0n) is 11.9. The molecule has 5 heteroatoms. The smallest absolute Gasteiger partial charge is 0.357 e. The number of aryl methyl sites for hydroxylation is 1. The number of aromatic nitrogens is 1. The van der Waals surface area contributed by atoms with Gasteiger partial charge in [0.1, 0.15) is 0 Å². The lowest BCUT2D eigenvalue weighted by Crippen LogP contribution is -2.25. The number of carbonyl (C=O) groups excluding carboxylic acids is 1. The van der Waals surface area contributed by atoms with Gasteiger partial charge in [0, 0.05) is 11.4 Å². The molecule has 1 saturated carbocycles. The number of anilines is 1. The molecule has 0 unspecified atom stereocenters. The summed E-state index contributed by atoms with van der Waals surface area (Å²) in [5.74, 6) is -0.354. The maximum Gasteiger partial charge on any atom is 0.357 e. The quantitative estimate of drug-likeness (QED) is 0.838. The predicted molar refractivity (Wildman–Crippen MR) is 77.9 cm³/mol. The molecule has 0 saturated heterocycles. The first kappa shape index (κ1) is 14.3. The lowest BCUT2D eigenvalue weighted by molar-refractivity contribution is 0.0594. The molecule has 1 heterocycles. The van der Waals surface area contributed by atoms with Gasteiger partial charge in [-0.15, -0.1) is 11.3 Å². The predicted octanol–water partition coefficient (Wildman–Crippen LogP) is 3.62. The van der Waals surface area contributed by atoms with Crippen LogP contribution in [0.1, 0.15) is 54.4 Å². The lowest BCUT2D eigenvalue weighted by atomic mass is 9.83. The van der Waals surface area contributed by atoms with E-state index in [1.807, 2.05) is 6.92 Å². The number of esters is 1. The Hall–Kier alpha value is -1.10. The zero-order valence-corrected chi connectivity index (χ0v) is 12.7. The van der Waals surface area contributed by atoms with Crippen LogP contribution in [0.3, 0.4) is 0 Å². The van der Waals surface area contributed by atoms with Gasteiger partial charge in [-0.3, -0.25) is 0 Å². The molecule has 0 aromatic carbocycles. The lowest BCUT2D eigenvalue weighted by Gasteiger charge is -2.27. The van der Waals surface area contributed by atoms with E-state index in [-0.39, 0.29) is 5.97 Å². The first-order valence-electron chi connectivity index (χ1n) is 6.90. The summed E-state index contributed by atoms with van der Waals surface area (Å²) in [7, 11) is 1.39. The Kier molecular flexibility index (Phi) is 4.45. The standard InChI is InChI=1S/C14H22N2O2S/c1-4-14(7-5-6-8-14)9-15-13-16-11(10(2)19-13)12(17)18-3/h4-9H2,1-3H3,(H,15,16). The number of rotatable bonds is 5. The first-order chi connectivity index (χ1) is 9.10. The first-order valence-corrected chi connectivity index (χ1v) is 7.71.